The molecule has 2 aromatic rings. The van der Waals surface area contributed by atoms with Crippen molar-refractivity contribution in [2.75, 3.05) is 4.90 Å². The lowest BCUT2D eigenvalue weighted by atomic mass is 10.0. The number of fused-ring (bicyclic) bond motifs is 1. The summed E-state index contributed by atoms with van der Waals surface area (Å²) in [7, 11) is 0. The van der Waals surface area contributed by atoms with Crippen LogP contribution in [0, 0.1) is 6.92 Å². The van der Waals surface area contributed by atoms with Gasteiger partial charge in [-0.3, -0.25) is 9.59 Å². The first-order valence-electron chi connectivity index (χ1n) is 7.40. The van der Waals surface area contributed by atoms with E-state index in [9.17, 15) is 9.59 Å². The molecule has 1 atom stereocenters. The van der Waals surface area contributed by atoms with Crippen LogP contribution < -0.4 is 10.2 Å². The Labute approximate surface area is 140 Å². The molecule has 0 radical (unpaired) electrons. The van der Waals surface area contributed by atoms with Crippen LogP contribution in [-0.2, 0) is 16.1 Å². The van der Waals surface area contributed by atoms with Gasteiger partial charge >= 0.3 is 0 Å². The van der Waals surface area contributed by atoms with Crippen LogP contribution in [0.1, 0.15) is 29.7 Å². The molecule has 0 aliphatic carbocycles. The average Bonchev–Trinajstić information content (AvgIpc) is 2.78. The summed E-state index contributed by atoms with van der Waals surface area (Å²) in [4.78, 5) is 26.1. The molecule has 4 nitrogen and oxygen atoms in total. The van der Waals surface area contributed by atoms with E-state index in [4.69, 9.17) is 11.6 Å². The molecule has 23 heavy (non-hydrogen) atoms. The van der Waals surface area contributed by atoms with Gasteiger partial charge in [0, 0.05) is 17.5 Å². The number of nitrogens with one attached hydrogen (secondary N) is 1. The van der Waals surface area contributed by atoms with Gasteiger partial charge in [-0.25, -0.2) is 0 Å². The number of benzene rings is 2. The highest BCUT2D eigenvalue weighted by Crippen LogP contribution is 2.43. The minimum Gasteiger partial charge on any atom is -0.341 e. The van der Waals surface area contributed by atoms with E-state index in [1.165, 1.54) is 6.92 Å². The van der Waals surface area contributed by atoms with Gasteiger partial charge in [0.25, 0.3) is 5.91 Å². The standard InChI is InChI=1S/C18H17ClN2O2/c1-11-8-9-14(19)15-16(20-12(2)22)18(23)21(17(11)15)10-13-6-4-3-5-7-13/h3-9,16H,10H2,1-2H3,(H,20,22)/t16-/m1/s1. The Morgan fingerprint density at radius 1 is 1.22 bits per heavy atom. The summed E-state index contributed by atoms with van der Waals surface area (Å²) in [5, 5.41) is 3.21. The molecule has 0 saturated heterocycles. The highest BCUT2D eigenvalue weighted by molar-refractivity contribution is 6.33. The van der Waals surface area contributed by atoms with Crippen molar-refractivity contribution in [1.82, 2.24) is 5.32 Å². The highest BCUT2D eigenvalue weighted by atomic mass is 35.5. The van der Waals surface area contributed by atoms with Crippen LogP contribution in [0.2, 0.25) is 5.02 Å². The molecule has 0 saturated carbocycles. The van der Waals surface area contributed by atoms with Gasteiger partial charge in [0.15, 0.2) is 0 Å². The Kier molecular flexibility index (Phi) is 4.09. The molecule has 0 bridgehead atoms. The molecule has 1 N–H and O–H groups in total. The maximum Gasteiger partial charge on any atom is 0.254 e. The summed E-state index contributed by atoms with van der Waals surface area (Å²) >= 11 is 6.32. The number of carbonyl (C=O) groups is 2. The predicted molar refractivity (Wildman–Crippen MR) is 90.4 cm³/mol. The van der Waals surface area contributed by atoms with E-state index in [1.54, 1.807) is 11.0 Å². The zero-order chi connectivity index (χ0) is 16.6. The molecule has 0 fully saturated rings. The van der Waals surface area contributed by atoms with Crippen LogP contribution >= 0.6 is 11.6 Å². The van der Waals surface area contributed by atoms with Gasteiger partial charge in [0.1, 0.15) is 6.04 Å². The summed E-state index contributed by atoms with van der Waals surface area (Å²) in [5.41, 5.74) is 3.46. The molecule has 118 valence electrons. The van der Waals surface area contributed by atoms with E-state index in [1.807, 2.05) is 43.3 Å². The number of hydrogen-bond donors (Lipinski definition) is 1. The Morgan fingerprint density at radius 2 is 1.91 bits per heavy atom. The summed E-state index contributed by atoms with van der Waals surface area (Å²) in [6.45, 7) is 3.79. The zero-order valence-corrected chi connectivity index (χ0v) is 13.7. The highest BCUT2D eigenvalue weighted by Gasteiger charge is 2.40. The Balaban J connectivity index is 2.07. The second kappa shape index (κ2) is 6.05. The third-order valence-electron chi connectivity index (χ3n) is 3.97. The van der Waals surface area contributed by atoms with E-state index >= 15 is 0 Å². The zero-order valence-electron chi connectivity index (χ0n) is 13.0. The molecular weight excluding hydrogens is 312 g/mol. The number of halogens is 1. The monoisotopic (exact) mass is 328 g/mol. The number of amides is 2. The molecular formula is C18H17ClN2O2. The van der Waals surface area contributed by atoms with E-state index in [0.717, 1.165) is 16.8 Å². The number of carbonyl (C=O) groups excluding carboxylic acids is 2. The van der Waals surface area contributed by atoms with Crippen LogP contribution in [0.3, 0.4) is 0 Å². The minimum atomic E-state index is -0.724. The molecule has 3 rings (SSSR count). The smallest absolute Gasteiger partial charge is 0.254 e. The lowest BCUT2D eigenvalue weighted by molar-refractivity contribution is -0.126. The van der Waals surface area contributed by atoms with Crippen molar-refractivity contribution in [3.8, 4) is 0 Å². The first-order valence-corrected chi connectivity index (χ1v) is 7.78. The number of hydrogen-bond acceptors (Lipinski definition) is 2. The summed E-state index contributed by atoms with van der Waals surface area (Å²) in [5.74, 6) is -0.413. The molecule has 2 amide bonds. The van der Waals surface area contributed by atoms with Gasteiger partial charge in [-0.05, 0) is 24.1 Å². The summed E-state index contributed by atoms with van der Waals surface area (Å²) in [6.07, 6.45) is 0. The Morgan fingerprint density at radius 3 is 2.57 bits per heavy atom. The number of aryl methyl sites for hydroxylation is 1. The first-order chi connectivity index (χ1) is 11.0. The van der Waals surface area contributed by atoms with Gasteiger partial charge < -0.3 is 10.2 Å². The van der Waals surface area contributed by atoms with Crippen LogP contribution in [0.4, 0.5) is 5.69 Å². The van der Waals surface area contributed by atoms with E-state index in [-0.39, 0.29) is 11.8 Å². The molecule has 1 aliphatic heterocycles. The molecule has 0 aromatic heterocycles. The van der Waals surface area contributed by atoms with Gasteiger partial charge in [-0.2, -0.15) is 0 Å². The van der Waals surface area contributed by atoms with Crippen molar-refractivity contribution in [2.45, 2.75) is 26.4 Å². The second-order valence-electron chi connectivity index (χ2n) is 5.67. The van der Waals surface area contributed by atoms with Crippen molar-refractivity contribution in [3.05, 3.63) is 64.2 Å². The second-order valence-corrected chi connectivity index (χ2v) is 6.08. The molecule has 1 aliphatic rings. The third-order valence-corrected chi connectivity index (χ3v) is 4.30. The SMILES string of the molecule is CC(=O)N[C@H]1C(=O)N(Cc2ccccc2)c2c(C)ccc(Cl)c21. The number of nitrogens with zero attached hydrogens (tertiary/aromatic N) is 1. The third kappa shape index (κ3) is 2.82. The van der Waals surface area contributed by atoms with Crippen molar-refractivity contribution in [2.24, 2.45) is 0 Å². The Bertz CT molecular complexity index is 774. The quantitative estimate of drug-likeness (QED) is 0.939. The van der Waals surface area contributed by atoms with Crippen molar-refractivity contribution in [1.29, 1.82) is 0 Å². The molecule has 0 spiro atoms. The molecule has 5 heteroatoms. The van der Waals surface area contributed by atoms with Crippen molar-refractivity contribution >= 4 is 29.1 Å². The first kappa shape index (κ1) is 15.6. The predicted octanol–water partition coefficient (Wildman–Crippen LogP) is 3.37. The van der Waals surface area contributed by atoms with Gasteiger partial charge in [0.05, 0.1) is 12.2 Å². The Hall–Kier alpha value is -2.33. The summed E-state index contributed by atoms with van der Waals surface area (Å²) in [6, 6.07) is 12.7. The fourth-order valence-electron chi connectivity index (χ4n) is 2.97. The van der Waals surface area contributed by atoms with Crippen molar-refractivity contribution in [3.63, 3.8) is 0 Å². The fraction of sp³-hybridized carbons (Fsp3) is 0.222. The van der Waals surface area contributed by atoms with Crippen LogP contribution in [0.15, 0.2) is 42.5 Å². The van der Waals surface area contributed by atoms with Crippen molar-refractivity contribution < 1.29 is 9.59 Å². The van der Waals surface area contributed by atoms with Crippen LogP contribution in [-0.4, -0.2) is 11.8 Å². The largest absolute Gasteiger partial charge is 0.341 e. The minimum absolute atomic E-state index is 0.157. The average molecular weight is 329 g/mol. The molecule has 1 heterocycles. The van der Waals surface area contributed by atoms with E-state index in [0.29, 0.717) is 17.1 Å². The van der Waals surface area contributed by atoms with Crippen LogP contribution in [0.5, 0.6) is 0 Å². The lowest BCUT2D eigenvalue weighted by Gasteiger charge is -2.19. The maximum atomic E-state index is 12.9. The number of rotatable bonds is 3. The fourth-order valence-corrected chi connectivity index (χ4v) is 3.24. The molecule has 0 unspecified atom stereocenters. The van der Waals surface area contributed by atoms with Gasteiger partial charge in [-0.15, -0.1) is 0 Å². The van der Waals surface area contributed by atoms with E-state index in [2.05, 4.69) is 5.32 Å². The maximum absolute atomic E-state index is 12.9. The van der Waals surface area contributed by atoms with Crippen LogP contribution in [0.25, 0.3) is 0 Å². The van der Waals surface area contributed by atoms with E-state index < -0.39 is 6.04 Å². The lowest BCUT2D eigenvalue weighted by Crippen LogP contribution is -2.36. The van der Waals surface area contributed by atoms with Gasteiger partial charge in [0.2, 0.25) is 5.91 Å². The number of anilines is 1. The molecule has 2 aromatic carbocycles. The normalized spacial score (nSPS) is 16.4. The topological polar surface area (TPSA) is 49.4 Å². The summed E-state index contributed by atoms with van der Waals surface area (Å²) < 4.78 is 0. The van der Waals surface area contributed by atoms with Gasteiger partial charge in [-0.1, -0.05) is 48.0 Å².